The molecule has 0 aliphatic heterocycles. The number of aryl methyl sites for hydroxylation is 2. The van der Waals surface area contributed by atoms with Gasteiger partial charge in [0.25, 0.3) is 0 Å². The zero-order valence-electron chi connectivity index (χ0n) is 12.1. The molecule has 0 atom stereocenters. The van der Waals surface area contributed by atoms with Crippen LogP contribution < -0.4 is 5.73 Å². The second-order valence-corrected chi connectivity index (χ2v) is 4.80. The highest BCUT2D eigenvalue weighted by molar-refractivity contribution is 5.85. The van der Waals surface area contributed by atoms with Crippen LogP contribution in [0, 0.1) is 6.92 Å². The highest BCUT2D eigenvalue weighted by Crippen LogP contribution is 2.19. The molecular formula is C16H22ClN3. The Morgan fingerprint density at radius 3 is 2.35 bits per heavy atom. The van der Waals surface area contributed by atoms with E-state index in [0.717, 1.165) is 42.0 Å². The number of benzene rings is 1. The Hall–Kier alpha value is -1.45. The van der Waals surface area contributed by atoms with E-state index >= 15 is 0 Å². The van der Waals surface area contributed by atoms with Crippen LogP contribution >= 0.6 is 12.4 Å². The maximum Gasteiger partial charge on any atom is 0.129 e. The van der Waals surface area contributed by atoms with Crippen molar-refractivity contribution >= 4 is 12.4 Å². The van der Waals surface area contributed by atoms with Gasteiger partial charge in [-0.3, -0.25) is 0 Å². The molecule has 2 N–H and O–H groups in total. The second kappa shape index (κ2) is 7.98. The van der Waals surface area contributed by atoms with Crippen molar-refractivity contribution in [1.29, 1.82) is 0 Å². The van der Waals surface area contributed by atoms with Crippen molar-refractivity contribution in [3.05, 3.63) is 47.4 Å². The van der Waals surface area contributed by atoms with Crippen molar-refractivity contribution < 1.29 is 0 Å². The van der Waals surface area contributed by atoms with E-state index < -0.39 is 0 Å². The minimum absolute atomic E-state index is 0. The maximum absolute atomic E-state index is 5.56. The number of hydrogen-bond donors (Lipinski definition) is 1. The molecule has 20 heavy (non-hydrogen) atoms. The number of halogens is 1. The summed E-state index contributed by atoms with van der Waals surface area (Å²) >= 11 is 0. The third-order valence-corrected chi connectivity index (χ3v) is 3.06. The summed E-state index contributed by atoms with van der Waals surface area (Å²) in [5, 5.41) is 0. The van der Waals surface area contributed by atoms with E-state index in [2.05, 4.69) is 41.2 Å². The second-order valence-electron chi connectivity index (χ2n) is 4.80. The van der Waals surface area contributed by atoms with Gasteiger partial charge in [0.15, 0.2) is 0 Å². The number of aromatic nitrogens is 2. The SMILES string of the molecule is CCCc1nc(C)cc(-c2ccc(CCN)cc2)n1.Cl. The van der Waals surface area contributed by atoms with E-state index in [1.54, 1.807) is 0 Å². The molecule has 0 bridgehead atoms. The summed E-state index contributed by atoms with van der Waals surface area (Å²) in [7, 11) is 0. The largest absolute Gasteiger partial charge is 0.330 e. The fourth-order valence-corrected chi connectivity index (χ4v) is 2.12. The molecule has 0 amide bonds. The van der Waals surface area contributed by atoms with E-state index in [4.69, 9.17) is 5.73 Å². The van der Waals surface area contributed by atoms with Gasteiger partial charge in [-0.15, -0.1) is 12.4 Å². The topological polar surface area (TPSA) is 51.8 Å². The molecular weight excluding hydrogens is 270 g/mol. The number of rotatable bonds is 5. The predicted octanol–water partition coefficient (Wildman–Crippen LogP) is 3.33. The first kappa shape index (κ1) is 16.6. The standard InChI is InChI=1S/C16H21N3.ClH/c1-3-4-16-18-12(2)11-15(19-16)14-7-5-13(6-8-14)9-10-17;/h5-8,11H,3-4,9-10,17H2,1-2H3;1H. The van der Waals surface area contributed by atoms with Gasteiger partial charge in [0, 0.05) is 17.7 Å². The Kier molecular flexibility index (Phi) is 6.62. The van der Waals surface area contributed by atoms with Crippen LogP contribution in [0.1, 0.15) is 30.4 Å². The third-order valence-electron chi connectivity index (χ3n) is 3.06. The smallest absolute Gasteiger partial charge is 0.129 e. The van der Waals surface area contributed by atoms with E-state index in [1.807, 2.05) is 13.0 Å². The molecule has 0 aliphatic rings. The van der Waals surface area contributed by atoms with Gasteiger partial charge in [-0.2, -0.15) is 0 Å². The lowest BCUT2D eigenvalue weighted by atomic mass is 10.1. The van der Waals surface area contributed by atoms with E-state index in [9.17, 15) is 0 Å². The average Bonchev–Trinajstić information content (AvgIpc) is 2.40. The van der Waals surface area contributed by atoms with Crippen molar-refractivity contribution in [2.75, 3.05) is 6.54 Å². The Morgan fingerprint density at radius 1 is 1.05 bits per heavy atom. The monoisotopic (exact) mass is 291 g/mol. The summed E-state index contributed by atoms with van der Waals surface area (Å²) in [4.78, 5) is 9.10. The van der Waals surface area contributed by atoms with E-state index in [-0.39, 0.29) is 12.4 Å². The Labute approximate surface area is 127 Å². The normalized spacial score (nSPS) is 10.2. The molecule has 0 aliphatic carbocycles. The van der Waals surface area contributed by atoms with Crippen molar-refractivity contribution in [1.82, 2.24) is 9.97 Å². The number of hydrogen-bond acceptors (Lipinski definition) is 3. The molecule has 0 spiro atoms. The summed E-state index contributed by atoms with van der Waals surface area (Å²) in [5.74, 6) is 0.934. The van der Waals surface area contributed by atoms with Crippen LogP contribution in [0.4, 0.5) is 0 Å². The van der Waals surface area contributed by atoms with E-state index in [0.29, 0.717) is 6.54 Å². The summed E-state index contributed by atoms with van der Waals surface area (Å²) in [6, 6.07) is 10.5. The van der Waals surface area contributed by atoms with Crippen molar-refractivity contribution in [3.8, 4) is 11.3 Å². The van der Waals surface area contributed by atoms with Gasteiger partial charge in [0.05, 0.1) is 5.69 Å². The van der Waals surface area contributed by atoms with Gasteiger partial charge >= 0.3 is 0 Å². The minimum atomic E-state index is 0. The summed E-state index contributed by atoms with van der Waals surface area (Å²) in [5.41, 5.74) is 10.0. The fourth-order valence-electron chi connectivity index (χ4n) is 2.12. The highest BCUT2D eigenvalue weighted by Gasteiger charge is 2.04. The first-order chi connectivity index (χ1) is 9.22. The van der Waals surface area contributed by atoms with Gasteiger partial charge in [0.2, 0.25) is 0 Å². The Bertz CT molecular complexity index is 538. The Balaban J connectivity index is 0.00000200. The van der Waals surface area contributed by atoms with Crippen molar-refractivity contribution in [2.24, 2.45) is 5.73 Å². The zero-order chi connectivity index (χ0) is 13.7. The molecule has 1 aromatic heterocycles. The van der Waals surface area contributed by atoms with Crippen molar-refractivity contribution in [3.63, 3.8) is 0 Å². The molecule has 2 rings (SSSR count). The lowest BCUT2D eigenvalue weighted by Crippen LogP contribution is -2.02. The quantitative estimate of drug-likeness (QED) is 0.919. The van der Waals surface area contributed by atoms with Crippen LogP contribution in [0.2, 0.25) is 0 Å². The van der Waals surface area contributed by atoms with Crippen LogP contribution in [0.25, 0.3) is 11.3 Å². The zero-order valence-corrected chi connectivity index (χ0v) is 12.9. The van der Waals surface area contributed by atoms with Crippen LogP contribution in [-0.4, -0.2) is 16.5 Å². The maximum atomic E-state index is 5.56. The average molecular weight is 292 g/mol. The first-order valence-electron chi connectivity index (χ1n) is 6.87. The number of nitrogens with two attached hydrogens (primary N) is 1. The molecule has 0 fully saturated rings. The third kappa shape index (κ3) is 4.29. The van der Waals surface area contributed by atoms with Crippen LogP contribution in [0.15, 0.2) is 30.3 Å². The fraction of sp³-hybridized carbons (Fsp3) is 0.375. The Morgan fingerprint density at radius 2 is 1.75 bits per heavy atom. The van der Waals surface area contributed by atoms with Gasteiger partial charge in [-0.1, -0.05) is 31.2 Å². The highest BCUT2D eigenvalue weighted by atomic mass is 35.5. The van der Waals surface area contributed by atoms with E-state index in [1.165, 1.54) is 5.56 Å². The lowest BCUT2D eigenvalue weighted by molar-refractivity contribution is 0.827. The molecule has 0 radical (unpaired) electrons. The summed E-state index contributed by atoms with van der Waals surface area (Å²) < 4.78 is 0. The first-order valence-corrected chi connectivity index (χ1v) is 6.87. The lowest BCUT2D eigenvalue weighted by Gasteiger charge is -2.06. The van der Waals surface area contributed by atoms with Gasteiger partial charge in [-0.25, -0.2) is 9.97 Å². The van der Waals surface area contributed by atoms with Crippen LogP contribution in [0.3, 0.4) is 0 Å². The molecule has 2 aromatic rings. The molecule has 4 heteroatoms. The van der Waals surface area contributed by atoms with Gasteiger partial charge < -0.3 is 5.73 Å². The molecule has 1 aromatic carbocycles. The van der Waals surface area contributed by atoms with Crippen LogP contribution in [-0.2, 0) is 12.8 Å². The minimum Gasteiger partial charge on any atom is -0.330 e. The molecule has 1 heterocycles. The summed E-state index contributed by atoms with van der Waals surface area (Å²) in [6.45, 7) is 4.85. The molecule has 108 valence electrons. The molecule has 0 saturated heterocycles. The molecule has 3 nitrogen and oxygen atoms in total. The van der Waals surface area contributed by atoms with Crippen molar-refractivity contribution in [2.45, 2.75) is 33.1 Å². The van der Waals surface area contributed by atoms with Gasteiger partial charge in [-0.05, 0) is 37.9 Å². The molecule has 0 saturated carbocycles. The van der Waals surface area contributed by atoms with Crippen LogP contribution in [0.5, 0.6) is 0 Å². The predicted molar refractivity (Wildman–Crippen MR) is 86.2 cm³/mol. The summed E-state index contributed by atoms with van der Waals surface area (Å²) in [6.07, 6.45) is 2.92. The van der Waals surface area contributed by atoms with Gasteiger partial charge in [0.1, 0.15) is 5.82 Å². The molecule has 0 unspecified atom stereocenters. The number of nitrogens with zero attached hydrogens (tertiary/aromatic N) is 2.